The fourth-order valence-electron chi connectivity index (χ4n) is 1.66. The quantitative estimate of drug-likeness (QED) is 0.894. The van der Waals surface area contributed by atoms with Crippen LogP contribution in [-0.4, -0.2) is 4.98 Å². The number of rotatable bonds is 4. The van der Waals surface area contributed by atoms with Crippen molar-refractivity contribution < 1.29 is 4.39 Å². The maximum Gasteiger partial charge on any atom is 0.123 e. The van der Waals surface area contributed by atoms with Crippen molar-refractivity contribution in [2.75, 3.05) is 0 Å². The lowest BCUT2D eigenvalue weighted by Gasteiger charge is -2.06. The van der Waals surface area contributed by atoms with Crippen LogP contribution in [0.3, 0.4) is 0 Å². The maximum absolute atomic E-state index is 13.1. The summed E-state index contributed by atoms with van der Waals surface area (Å²) in [5.41, 5.74) is 2.21. The van der Waals surface area contributed by atoms with Gasteiger partial charge in [-0.05, 0) is 35.4 Å². The minimum atomic E-state index is -0.327. The number of nitriles is 1. The molecule has 1 N–H and O–H groups in total. The van der Waals surface area contributed by atoms with E-state index in [0.717, 1.165) is 5.56 Å². The van der Waals surface area contributed by atoms with Gasteiger partial charge >= 0.3 is 0 Å². The van der Waals surface area contributed by atoms with Gasteiger partial charge in [-0.1, -0.05) is 6.07 Å². The van der Waals surface area contributed by atoms with Gasteiger partial charge in [0.25, 0.3) is 0 Å². The molecule has 0 aliphatic heterocycles. The Balaban J connectivity index is 1.98. The standard InChI is InChI=1S/C14H12FN3/c15-14-4-3-12(7-16)13(6-14)10-18-9-11-2-1-5-17-8-11/h1-6,8,18H,9-10H2. The summed E-state index contributed by atoms with van der Waals surface area (Å²) < 4.78 is 13.1. The first kappa shape index (κ1) is 12.2. The summed E-state index contributed by atoms with van der Waals surface area (Å²) in [4.78, 5) is 4.01. The smallest absolute Gasteiger partial charge is 0.123 e. The van der Waals surface area contributed by atoms with Crippen molar-refractivity contribution in [1.82, 2.24) is 10.3 Å². The first-order valence-corrected chi connectivity index (χ1v) is 5.58. The van der Waals surface area contributed by atoms with Crippen molar-refractivity contribution in [3.05, 3.63) is 65.2 Å². The van der Waals surface area contributed by atoms with Crippen LogP contribution in [0.25, 0.3) is 0 Å². The largest absolute Gasteiger partial charge is 0.309 e. The Morgan fingerprint density at radius 2 is 2.17 bits per heavy atom. The van der Waals surface area contributed by atoms with E-state index in [1.54, 1.807) is 12.4 Å². The minimum Gasteiger partial charge on any atom is -0.309 e. The molecule has 1 aromatic carbocycles. The van der Waals surface area contributed by atoms with Gasteiger partial charge in [0, 0.05) is 25.5 Å². The molecule has 4 heteroatoms. The first-order valence-electron chi connectivity index (χ1n) is 5.58. The van der Waals surface area contributed by atoms with Gasteiger partial charge in [-0.3, -0.25) is 4.98 Å². The third-order valence-electron chi connectivity index (χ3n) is 2.56. The molecule has 0 aliphatic rings. The normalized spacial score (nSPS) is 10.0. The van der Waals surface area contributed by atoms with Gasteiger partial charge in [-0.25, -0.2) is 4.39 Å². The van der Waals surface area contributed by atoms with Crippen molar-refractivity contribution >= 4 is 0 Å². The Morgan fingerprint density at radius 1 is 1.28 bits per heavy atom. The van der Waals surface area contributed by atoms with Crippen LogP contribution in [-0.2, 0) is 13.1 Å². The molecule has 0 radical (unpaired) electrons. The summed E-state index contributed by atoms with van der Waals surface area (Å²) in [5, 5.41) is 12.1. The number of nitrogens with one attached hydrogen (secondary N) is 1. The van der Waals surface area contributed by atoms with E-state index in [2.05, 4.69) is 16.4 Å². The zero-order valence-corrected chi connectivity index (χ0v) is 9.73. The molecule has 0 spiro atoms. The molecule has 2 rings (SSSR count). The van der Waals surface area contributed by atoms with E-state index in [4.69, 9.17) is 5.26 Å². The summed E-state index contributed by atoms with van der Waals surface area (Å²) in [7, 11) is 0. The lowest BCUT2D eigenvalue weighted by molar-refractivity contribution is 0.619. The second kappa shape index (κ2) is 5.89. The van der Waals surface area contributed by atoms with Crippen molar-refractivity contribution in [3.8, 4) is 6.07 Å². The molecule has 0 atom stereocenters. The fraction of sp³-hybridized carbons (Fsp3) is 0.143. The first-order chi connectivity index (χ1) is 8.79. The van der Waals surface area contributed by atoms with Gasteiger partial charge in [0.2, 0.25) is 0 Å². The van der Waals surface area contributed by atoms with Crippen molar-refractivity contribution in [1.29, 1.82) is 5.26 Å². The van der Waals surface area contributed by atoms with Crippen LogP contribution in [0.5, 0.6) is 0 Å². The Kier molecular flexibility index (Phi) is 4.00. The number of nitrogens with zero attached hydrogens (tertiary/aromatic N) is 2. The third kappa shape index (κ3) is 3.12. The fourth-order valence-corrected chi connectivity index (χ4v) is 1.66. The van der Waals surface area contributed by atoms with Crippen LogP contribution in [0, 0.1) is 17.1 Å². The van der Waals surface area contributed by atoms with E-state index in [1.807, 2.05) is 12.1 Å². The molecule has 18 heavy (non-hydrogen) atoms. The highest BCUT2D eigenvalue weighted by atomic mass is 19.1. The number of hydrogen-bond donors (Lipinski definition) is 1. The van der Waals surface area contributed by atoms with Gasteiger partial charge in [0.1, 0.15) is 5.82 Å². The molecule has 3 nitrogen and oxygen atoms in total. The molecule has 0 bridgehead atoms. The monoisotopic (exact) mass is 241 g/mol. The van der Waals surface area contributed by atoms with Crippen molar-refractivity contribution in [2.24, 2.45) is 0 Å². The summed E-state index contributed by atoms with van der Waals surface area (Å²) >= 11 is 0. The number of benzene rings is 1. The van der Waals surface area contributed by atoms with E-state index in [0.29, 0.717) is 24.2 Å². The van der Waals surface area contributed by atoms with Crippen LogP contribution in [0.2, 0.25) is 0 Å². The molecule has 0 aliphatic carbocycles. The van der Waals surface area contributed by atoms with E-state index >= 15 is 0 Å². The third-order valence-corrected chi connectivity index (χ3v) is 2.56. The molecule has 0 saturated heterocycles. The molecule has 0 unspecified atom stereocenters. The van der Waals surface area contributed by atoms with Gasteiger partial charge in [0.15, 0.2) is 0 Å². The van der Waals surface area contributed by atoms with Crippen molar-refractivity contribution in [3.63, 3.8) is 0 Å². The molecule has 0 amide bonds. The van der Waals surface area contributed by atoms with Crippen LogP contribution < -0.4 is 5.32 Å². The number of aromatic nitrogens is 1. The summed E-state index contributed by atoms with van der Waals surface area (Å²) in [6, 6.07) is 10.0. The van der Waals surface area contributed by atoms with Gasteiger partial charge in [-0.15, -0.1) is 0 Å². The van der Waals surface area contributed by atoms with E-state index < -0.39 is 0 Å². The van der Waals surface area contributed by atoms with E-state index in [-0.39, 0.29) is 5.82 Å². The minimum absolute atomic E-state index is 0.327. The molecule has 0 saturated carbocycles. The average molecular weight is 241 g/mol. The highest BCUT2D eigenvalue weighted by molar-refractivity contribution is 5.37. The van der Waals surface area contributed by atoms with Crippen LogP contribution in [0.15, 0.2) is 42.7 Å². The number of hydrogen-bond acceptors (Lipinski definition) is 3. The molecular weight excluding hydrogens is 229 g/mol. The van der Waals surface area contributed by atoms with Gasteiger partial charge in [-0.2, -0.15) is 5.26 Å². The lowest BCUT2D eigenvalue weighted by Crippen LogP contribution is -2.13. The number of pyridine rings is 1. The maximum atomic E-state index is 13.1. The number of halogens is 1. The predicted molar refractivity (Wildman–Crippen MR) is 65.9 cm³/mol. The Labute approximate surface area is 105 Å². The molecule has 90 valence electrons. The van der Waals surface area contributed by atoms with E-state index in [1.165, 1.54) is 18.2 Å². The SMILES string of the molecule is N#Cc1ccc(F)cc1CNCc1cccnc1. The highest BCUT2D eigenvalue weighted by Gasteiger charge is 2.03. The molecular formula is C14H12FN3. The predicted octanol–water partition coefficient (Wildman–Crippen LogP) is 2.38. The van der Waals surface area contributed by atoms with Crippen LogP contribution >= 0.6 is 0 Å². The molecule has 0 fully saturated rings. The average Bonchev–Trinajstić information content (AvgIpc) is 2.40. The zero-order valence-electron chi connectivity index (χ0n) is 9.73. The highest BCUT2D eigenvalue weighted by Crippen LogP contribution is 2.10. The Morgan fingerprint density at radius 3 is 2.89 bits per heavy atom. The second-order valence-corrected chi connectivity index (χ2v) is 3.88. The van der Waals surface area contributed by atoms with Crippen LogP contribution in [0.1, 0.15) is 16.7 Å². The van der Waals surface area contributed by atoms with Gasteiger partial charge in [0.05, 0.1) is 11.6 Å². The van der Waals surface area contributed by atoms with E-state index in [9.17, 15) is 4.39 Å². The van der Waals surface area contributed by atoms with Crippen LogP contribution in [0.4, 0.5) is 4.39 Å². The molecule has 1 aromatic heterocycles. The summed E-state index contributed by atoms with van der Waals surface area (Å²) in [6.07, 6.45) is 3.48. The second-order valence-electron chi connectivity index (χ2n) is 3.88. The molecule has 2 aromatic rings. The summed E-state index contributed by atoms with van der Waals surface area (Å²) in [5.74, 6) is -0.327. The Hall–Kier alpha value is -2.25. The zero-order chi connectivity index (χ0) is 12.8. The molecule has 1 heterocycles. The van der Waals surface area contributed by atoms with Gasteiger partial charge < -0.3 is 5.32 Å². The summed E-state index contributed by atoms with van der Waals surface area (Å²) in [6.45, 7) is 1.09. The Bertz CT molecular complexity index is 561. The lowest BCUT2D eigenvalue weighted by atomic mass is 10.1. The topological polar surface area (TPSA) is 48.7 Å². The van der Waals surface area contributed by atoms with Crippen molar-refractivity contribution in [2.45, 2.75) is 13.1 Å².